The fourth-order valence-electron chi connectivity index (χ4n) is 5.94. The number of nitrogens with one attached hydrogen (secondary N) is 1. The number of aryl methyl sites for hydroxylation is 1. The van der Waals surface area contributed by atoms with Crippen molar-refractivity contribution in [2.45, 2.75) is 39.5 Å². The van der Waals surface area contributed by atoms with Crippen LogP contribution in [-0.2, 0) is 4.74 Å². The number of carbonyl (C=O) groups is 2. The van der Waals surface area contributed by atoms with Gasteiger partial charge in [-0.2, -0.15) is 0 Å². The number of nitrogens with zero attached hydrogens (tertiary/aromatic N) is 2. The fourth-order valence-corrected chi connectivity index (χ4v) is 5.94. The van der Waals surface area contributed by atoms with Gasteiger partial charge in [0.2, 0.25) is 0 Å². The average Bonchev–Trinajstić information content (AvgIpc) is 3.86. The number of benzene rings is 3. The van der Waals surface area contributed by atoms with E-state index in [9.17, 15) is 9.59 Å². The van der Waals surface area contributed by atoms with Gasteiger partial charge in [-0.15, -0.1) is 0 Å². The monoisotopic (exact) mass is 575 g/mol. The van der Waals surface area contributed by atoms with Crippen molar-refractivity contribution in [2.24, 2.45) is 11.8 Å². The van der Waals surface area contributed by atoms with Crippen molar-refractivity contribution in [1.29, 1.82) is 0 Å². The van der Waals surface area contributed by atoms with Crippen LogP contribution in [0.3, 0.4) is 0 Å². The Morgan fingerprint density at radius 1 is 0.884 bits per heavy atom. The zero-order valence-corrected chi connectivity index (χ0v) is 25.3. The third kappa shape index (κ3) is 7.10. The van der Waals surface area contributed by atoms with Gasteiger partial charge in [0.25, 0.3) is 11.8 Å². The third-order valence-electron chi connectivity index (χ3n) is 8.91. The van der Waals surface area contributed by atoms with Gasteiger partial charge in [0, 0.05) is 66.8 Å². The SMILES string of the molecule is Cc1ccc(-c2ccc(C(=O)N3CCC(CN4C=C=c5ccc(C(=O)NCCOCC6CC6)c(C)c5=C4)CC3)cc2)cc1. The lowest BCUT2D eigenvalue weighted by molar-refractivity contribution is 0.0684. The molecule has 1 N–H and O–H groups in total. The van der Waals surface area contributed by atoms with Crippen molar-refractivity contribution in [2.75, 3.05) is 39.4 Å². The summed E-state index contributed by atoms with van der Waals surface area (Å²) >= 11 is 0. The Morgan fingerprint density at radius 3 is 2.28 bits per heavy atom. The quantitative estimate of drug-likeness (QED) is 0.359. The molecule has 6 nitrogen and oxygen atoms in total. The summed E-state index contributed by atoms with van der Waals surface area (Å²) in [5.74, 6) is 1.25. The first-order chi connectivity index (χ1) is 20.9. The zero-order chi connectivity index (χ0) is 29.8. The van der Waals surface area contributed by atoms with Crippen molar-refractivity contribution in [3.63, 3.8) is 0 Å². The maximum Gasteiger partial charge on any atom is 0.253 e. The molecule has 1 aliphatic carbocycles. The minimum Gasteiger partial charge on any atom is -0.379 e. The predicted molar refractivity (Wildman–Crippen MR) is 171 cm³/mol. The first-order valence-electron chi connectivity index (χ1n) is 15.6. The van der Waals surface area contributed by atoms with Gasteiger partial charge < -0.3 is 19.9 Å². The van der Waals surface area contributed by atoms with Gasteiger partial charge in [-0.05, 0) is 92.3 Å². The average molecular weight is 576 g/mol. The molecule has 3 aromatic carbocycles. The third-order valence-corrected chi connectivity index (χ3v) is 8.91. The van der Waals surface area contributed by atoms with Crippen LogP contribution in [0.5, 0.6) is 0 Å². The number of carbonyl (C=O) groups excluding carboxylic acids is 2. The van der Waals surface area contributed by atoms with Crippen molar-refractivity contribution in [3.8, 4) is 11.1 Å². The summed E-state index contributed by atoms with van der Waals surface area (Å²) in [6.07, 6.45) is 8.60. The summed E-state index contributed by atoms with van der Waals surface area (Å²) in [7, 11) is 0. The van der Waals surface area contributed by atoms with E-state index in [1.165, 1.54) is 18.4 Å². The molecular weight excluding hydrogens is 534 g/mol. The van der Waals surface area contributed by atoms with Crippen molar-refractivity contribution < 1.29 is 14.3 Å². The zero-order valence-electron chi connectivity index (χ0n) is 25.3. The highest BCUT2D eigenvalue weighted by molar-refractivity contribution is 5.96. The number of piperidine rings is 1. The van der Waals surface area contributed by atoms with Gasteiger partial charge in [0.1, 0.15) is 0 Å². The highest BCUT2D eigenvalue weighted by Crippen LogP contribution is 2.28. The molecule has 222 valence electrons. The Balaban J connectivity index is 1.02. The van der Waals surface area contributed by atoms with Gasteiger partial charge in [-0.1, -0.05) is 47.7 Å². The molecule has 6 heteroatoms. The van der Waals surface area contributed by atoms with Crippen molar-refractivity contribution in [3.05, 3.63) is 99.6 Å². The van der Waals surface area contributed by atoms with E-state index in [4.69, 9.17) is 4.74 Å². The summed E-state index contributed by atoms with van der Waals surface area (Å²) in [6, 6.07) is 20.3. The number of hydrogen-bond donors (Lipinski definition) is 1. The number of ether oxygens (including phenoxy) is 1. The van der Waals surface area contributed by atoms with Crippen LogP contribution in [-0.4, -0.2) is 61.0 Å². The van der Waals surface area contributed by atoms with Gasteiger partial charge in [0.15, 0.2) is 0 Å². The molecular formula is C37H41N3O3. The predicted octanol–water partition coefficient (Wildman–Crippen LogP) is 4.63. The second-order valence-corrected chi connectivity index (χ2v) is 12.3. The number of fused-ring (bicyclic) bond motifs is 1. The van der Waals surface area contributed by atoms with E-state index in [2.05, 4.69) is 53.3 Å². The largest absolute Gasteiger partial charge is 0.379 e. The van der Waals surface area contributed by atoms with Crippen LogP contribution in [0.1, 0.15) is 57.5 Å². The molecule has 0 radical (unpaired) electrons. The van der Waals surface area contributed by atoms with Crippen LogP contribution in [0.15, 0.2) is 66.9 Å². The molecule has 3 aliphatic rings. The Labute approximate surface area is 254 Å². The molecule has 1 saturated heterocycles. The van der Waals surface area contributed by atoms with E-state index in [0.717, 1.165) is 77.7 Å². The molecule has 2 amide bonds. The van der Waals surface area contributed by atoms with E-state index >= 15 is 0 Å². The fraction of sp³-hybridized carbons (Fsp3) is 0.378. The Morgan fingerprint density at radius 2 is 1.58 bits per heavy atom. The topological polar surface area (TPSA) is 61.9 Å². The lowest BCUT2D eigenvalue weighted by Crippen LogP contribution is -2.41. The van der Waals surface area contributed by atoms with Gasteiger partial charge >= 0.3 is 0 Å². The van der Waals surface area contributed by atoms with E-state index in [1.54, 1.807) is 0 Å². The molecule has 3 aromatic rings. The Bertz CT molecular complexity index is 1630. The lowest BCUT2D eigenvalue weighted by Gasteiger charge is -2.34. The summed E-state index contributed by atoms with van der Waals surface area (Å²) in [4.78, 5) is 30.3. The highest BCUT2D eigenvalue weighted by Gasteiger charge is 2.25. The first-order valence-corrected chi connectivity index (χ1v) is 15.6. The van der Waals surface area contributed by atoms with E-state index in [-0.39, 0.29) is 11.8 Å². The molecule has 0 aromatic heterocycles. The van der Waals surface area contributed by atoms with E-state index in [1.807, 2.05) is 54.4 Å². The smallest absolute Gasteiger partial charge is 0.253 e. The molecule has 2 fully saturated rings. The molecule has 6 rings (SSSR count). The molecule has 1 saturated carbocycles. The molecule has 0 bridgehead atoms. The van der Waals surface area contributed by atoms with Crippen LogP contribution < -0.4 is 15.8 Å². The van der Waals surface area contributed by atoms with Crippen molar-refractivity contribution >= 4 is 23.7 Å². The number of amides is 2. The van der Waals surface area contributed by atoms with Crippen LogP contribution in [0.25, 0.3) is 23.1 Å². The highest BCUT2D eigenvalue weighted by atomic mass is 16.5. The second kappa shape index (κ2) is 13.0. The molecule has 2 aliphatic heterocycles. The maximum absolute atomic E-state index is 13.2. The number of hydrogen-bond acceptors (Lipinski definition) is 4. The second-order valence-electron chi connectivity index (χ2n) is 12.3. The molecule has 2 heterocycles. The minimum atomic E-state index is -0.0633. The van der Waals surface area contributed by atoms with Crippen molar-refractivity contribution in [1.82, 2.24) is 15.1 Å². The van der Waals surface area contributed by atoms with Gasteiger partial charge in [-0.3, -0.25) is 9.59 Å². The van der Waals surface area contributed by atoms with Crippen LogP contribution in [0.2, 0.25) is 0 Å². The van der Waals surface area contributed by atoms with Gasteiger partial charge in [0.05, 0.1) is 6.61 Å². The Hall–Kier alpha value is -4.12. The van der Waals surface area contributed by atoms with E-state index in [0.29, 0.717) is 24.6 Å². The lowest BCUT2D eigenvalue weighted by atomic mass is 9.95. The molecule has 43 heavy (non-hydrogen) atoms. The maximum atomic E-state index is 13.2. The van der Waals surface area contributed by atoms with Gasteiger partial charge in [-0.25, -0.2) is 0 Å². The standard InChI is InChI=1S/C37H41N3O3/c1-26-3-7-30(8-4-26)31-9-11-33(12-10-31)37(42)40-20-15-28(16-21-40)23-39-19-17-32-13-14-34(27(2)35(32)24-39)36(41)38-18-22-43-25-29-5-6-29/h3-4,7-14,19,24,28-29H,5-6,15-16,18,20-23,25H2,1-2H3,(H,38,41). The Kier molecular flexibility index (Phi) is 8.78. The summed E-state index contributed by atoms with van der Waals surface area (Å²) in [5.41, 5.74) is 9.33. The first kappa shape index (κ1) is 29.0. The molecule has 0 atom stereocenters. The van der Waals surface area contributed by atoms with Crippen LogP contribution in [0, 0.1) is 25.7 Å². The van der Waals surface area contributed by atoms with Crippen LogP contribution in [0.4, 0.5) is 0 Å². The normalized spacial score (nSPS) is 16.3. The van der Waals surface area contributed by atoms with Crippen LogP contribution >= 0.6 is 0 Å². The summed E-state index contributed by atoms with van der Waals surface area (Å²) in [6.45, 7) is 8.35. The number of rotatable bonds is 10. The van der Waals surface area contributed by atoms with E-state index < -0.39 is 0 Å². The molecule has 0 unspecified atom stereocenters. The summed E-state index contributed by atoms with van der Waals surface area (Å²) < 4.78 is 5.65. The molecule has 0 spiro atoms. The number of likely N-dealkylation sites (tertiary alicyclic amines) is 1. The minimum absolute atomic E-state index is 0.0633. The summed E-state index contributed by atoms with van der Waals surface area (Å²) in [5, 5.41) is 5.05.